The van der Waals surface area contributed by atoms with Crippen LogP contribution in [-0.4, -0.2) is 17.8 Å². The molecule has 2 nitrogen and oxygen atoms in total. The zero-order valence-electron chi connectivity index (χ0n) is 8.39. The summed E-state index contributed by atoms with van der Waals surface area (Å²) in [6, 6.07) is 10.0. The third kappa shape index (κ3) is 4.21. The van der Waals surface area contributed by atoms with Crippen molar-refractivity contribution in [2.45, 2.75) is 19.6 Å². The van der Waals surface area contributed by atoms with Crippen LogP contribution in [0.15, 0.2) is 42.5 Å². The van der Waals surface area contributed by atoms with Gasteiger partial charge in [0.1, 0.15) is 0 Å². The lowest BCUT2D eigenvalue weighted by Gasteiger charge is -2.08. The highest BCUT2D eigenvalue weighted by Gasteiger charge is 1.96. The Bertz CT molecular complexity index is 267. The molecule has 0 fully saturated rings. The highest BCUT2D eigenvalue weighted by molar-refractivity contribution is 5.13. The first-order chi connectivity index (χ1) is 6.83. The molecular formula is C12H16O2. The molecule has 0 radical (unpaired) electrons. The Balaban J connectivity index is 2.30. The van der Waals surface area contributed by atoms with Crippen molar-refractivity contribution in [2.24, 2.45) is 0 Å². The number of hydrogen-bond donors (Lipinski definition) is 1. The Labute approximate surface area is 84.8 Å². The van der Waals surface area contributed by atoms with E-state index in [0.29, 0.717) is 6.61 Å². The van der Waals surface area contributed by atoms with Gasteiger partial charge in [0.05, 0.1) is 19.3 Å². The molecule has 1 rings (SSSR count). The largest absolute Gasteiger partial charge is 0.392 e. The van der Waals surface area contributed by atoms with Gasteiger partial charge in [-0.25, -0.2) is 0 Å². The van der Waals surface area contributed by atoms with Gasteiger partial charge in [-0.15, -0.1) is 0 Å². The first kappa shape index (κ1) is 11.0. The molecule has 0 saturated carbocycles. The summed E-state index contributed by atoms with van der Waals surface area (Å²) in [7, 11) is 0. The summed E-state index contributed by atoms with van der Waals surface area (Å²) >= 11 is 0. The van der Waals surface area contributed by atoms with Gasteiger partial charge in [0.25, 0.3) is 0 Å². The molecule has 0 saturated heterocycles. The fraction of sp³-hybridized carbons (Fsp3) is 0.333. The SMILES string of the molecule is C[C@@H](C=CCO)OCc1ccccc1. The molecule has 2 heteroatoms. The maximum atomic E-state index is 8.56. The van der Waals surface area contributed by atoms with Crippen molar-refractivity contribution >= 4 is 0 Å². The molecule has 0 aliphatic carbocycles. The van der Waals surface area contributed by atoms with E-state index in [1.54, 1.807) is 6.08 Å². The molecule has 1 aromatic rings. The third-order valence-corrected chi connectivity index (χ3v) is 1.87. The number of ether oxygens (including phenoxy) is 1. The summed E-state index contributed by atoms with van der Waals surface area (Å²) in [4.78, 5) is 0. The van der Waals surface area contributed by atoms with Crippen molar-refractivity contribution < 1.29 is 9.84 Å². The summed E-state index contributed by atoms with van der Waals surface area (Å²) in [6.45, 7) is 2.63. The van der Waals surface area contributed by atoms with Gasteiger partial charge in [-0.3, -0.25) is 0 Å². The molecule has 0 spiro atoms. The fourth-order valence-corrected chi connectivity index (χ4v) is 1.11. The van der Waals surface area contributed by atoms with E-state index >= 15 is 0 Å². The van der Waals surface area contributed by atoms with Crippen molar-refractivity contribution in [1.29, 1.82) is 0 Å². The van der Waals surface area contributed by atoms with Crippen LogP contribution in [0.5, 0.6) is 0 Å². The van der Waals surface area contributed by atoms with E-state index in [2.05, 4.69) is 0 Å². The standard InChI is InChI=1S/C12H16O2/c1-11(6-5-9-13)14-10-12-7-3-2-4-8-12/h2-8,11,13H,9-10H2,1H3/t11-/m0/s1. The number of aliphatic hydroxyl groups excluding tert-OH is 1. The van der Waals surface area contributed by atoms with Crippen LogP contribution in [0.2, 0.25) is 0 Å². The topological polar surface area (TPSA) is 29.5 Å². The number of hydrogen-bond acceptors (Lipinski definition) is 2. The average molecular weight is 192 g/mol. The monoisotopic (exact) mass is 192 g/mol. The minimum atomic E-state index is 0.0438. The van der Waals surface area contributed by atoms with E-state index in [1.165, 1.54) is 0 Å². The normalized spacial score (nSPS) is 13.3. The van der Waals surface area contributed by atoms with E-state index in [9.17, 15) is 0 Å². The molecule has 1 N–H and O–H groups in total. The summed E-state index contributed by atoms with van der Waals surface area (Å²) in [6.07, 6.45) is 3.58. The highest BCUT2D eigenvalue weighted by Crippen LogP contribution is 2.03. The Morgan fingerprint density at radius 2 is 2.07 bits per heavy atom. The maximum Gasteiger partial charge on any atom is 0.0733 e. The van der Waals surface area contributed by atoms with Crippen LogP contribution in [0.1, 0.15) is 12.5 Å². The lowest BCUT2D eigenvalue weighted by atomic mass is 10.2. The second kappa shape index (κ2) is 6.35. The Hall–Kier alpha value is -1.12. The predicted octanol–water partition coefficient (Wildman–Crippen LogP) is 2.14. The molecule has 0 unspecified atom stereocenters. The van der Waals surface area contributed by atoms with Crippen LogP contribution in [0.3, 0.4) is 0 Å². The summed E-state index contributed by atoms with van der Waals surface area (Å²) in [5, 5.41) is 8.56. The number of aliphatic hydroxyl groups is 1. The van der Waals surface area contributed by atoms with Crippen molar-refractivity contribution in [1.82, 2.24) is 0 Å². The summed E-state index contributed by atoms with van der Waals surface area (Å²) in [5.41, 5.74) is 1.16. The molecule has 1 atom stereocenters. The van der Waals surface area contributed by atoms with E-state index in [0.717, 1.165) is 5.56 Å². The molecule has 76 valence electrons. The molecular weight excluding hydrogens is 176 g/mol. The lowest BCUT2D eigenvalue weighted by Crippen LogP contribution is -2.04. The molecule has 1 aromatic carbocycles. The molecule has 0 aromatic heterocycles. The van der Waals surface area contributed by atoms with Crippen LogP contribution in [0, 0.1) is 0 Å². The molecule has 0 bridgehead atoms. The molecule has 14 heavy (non-hydrogen) atoms. The molecule has 0 heterocycles. The van der Waals surface area contributed by atoms with Crippen LogP contribution < -0.4 is 0 Å². The van der Waals surface area contributed by atoms with Crippen molar-refractivity contribution in [3.05, 3.63) is 48.0 Å². The average Bonchev–Trinajstić information content (AvgIpc) is 2.25. The quantitative estimate of drug-likeness (QED) is 0.724. The van der Waals surface area contributed by atoms with Gasteiger partial charge in [-0.05, 0) is 12.5 Å². The van der Waals surface area contributed by atoms with E-state index in [-0.39, 0.29) is 12.7 Å². The van der Waals surface area contributed by atoms with Gasteiger partial charge >= 0.3 is 0 Å². The summed E-state index contributed by atoms with van der Waals surface area (Å²) in [5.74, 6) is 0. The lowest BCUT2D eigenvalue weighted by molar-refractivity contribution is 0.0836. The van der Waals surface area contributed by atoms with E-state index in [4.69, 9.17) is 9.84 Å². The zero-order chi connectivity index (χ0) is 10.2. The van der Waals surface area contributed by atoms with Gasteiger partial charge in [-0.2, -0.15) is 0 Å². The number of rotatable bonds is 5. The molecule has 0 amide bonds. The van der Waals surface area contributed by atoms with Crippen LogP contribution in [0.4, 0.5) is 0 Å². The minimum Gasteiger partial charge on any atom is -0.392 e. The number of benzene rings is 1. The first-order valence-electron chi connectivity index (χ1n) is 4.76. The highest BCUT2D eigenvalue weighted by atomic mass is 16.5. The Kier molecular flexibility index (Phi) is 4.97. The van der Waals surface area contributed by atoms with Crippen LogP contribution in [-0.2, 0) is 11.3 Å². The predicted molar refractivity (Wildman–Crippen MR) is 56.9 cm³/mol. The van der Waals surface area contributed by atoms with Crippen LogP contribution >= 0.6 is 0 Å². The maximum absolute atomic E-state index is 8.56. The molecule has 0 aliphatic heterocycles. The van der Waals surface area contributed by atoms with Crippen LogP contribution in [0.25, 0.3) is 0 Å². The third-order valence-electron chi connectivity index (χ3n) is 1.87. The van der Waals surface area contributed by atoms with E-state index in [1.807, 2.05) is 43.3 Å². The van der Waals surface area contributed by atoms with Crippen molar-refractivity contribution in [3.8, 4) is 0 Å². The van der Waals surface area contributed by atoms with Crippen molar-refractivity contribution in [3.63, 3.8) is 0 Å². The van der Waals surface area contributed by atoms with Gasteiger partial charge in [-0.1, -0.05) is 42.5 Å². The smallest absolute Gasteiger partial charge is 0.0733 e. The van der Waals surface area contributed by atoms with Gasteiger partial charge in [0.15, 0.2) is 0 Å². The zero-order valence-corrected chi connectivity index (χ0v) is 8.39. The van der Waals surface area contributed by atoms with Gasteiger partial charge in [0.2, 0.25) is 0 Å². The van der Waals surface area contributed by atoms with E-state index < -0.39 is 0 Å². The molecule has 0 aliphatic rings. The van der Waals surface area contributed by atoms with Gasteiger partial charge in [0, 0.05) is 0 Å². The second-order valence-electron chi connectivity index (χ2n) is 3.11. The minimum absolute atomic E-state index is 0.0438. The van der Waals surface area contributed by atoms with Gasteiger partial charge < -0.3 is 9.84 Å². The Morgan fingerprint density at radius 1 is 1.36 bits per heavy atom. The first-order valence-corrected chi connectivity index (χ1v) is 4.76. The van der Waals surface area contributed by atoms with Crippen molar-refractivity contribution in [2.75, 3.05) is 6.61 Å². The summed E-state index contributed by atoms with van der Waals surface area (Å²) < 4.78 is 5.53. The Morgan fingerprint density at radius 3 is 2.71 bits per heavy atom. The second-order valence-corrected chi connectivity index (χ2v) is 3.11. The fourth-order valence-electron chi connectivity index (χ4n) is 1.11.